The van der Waals surface area contributed by atoms with E-state index in [0.717, 1.165) is 5.56 Å². The molecule has 0 unspecified atom stereocenters. The fourth-order valence-electron chi connectivity index (χ4n) is 2.52. The van der Waals surface area contributed by atoms with Crippen LogP contribution in [0.25, 0.3) is 10.9 Å². The van der Waals surface area contributed by atoms with Crippen LogP contribution in [0, 0.1) is 12.7 Å². The van der Waals surface area contributed by atoms with Crippen LogP contribution in [0.5, 0.6) is 0 Å². The molecule has 2 N–H and O–H groups in total. The first-order valence-electron chi connectivity index (χ1n) is 7.60. The van der Waals surface area contributed by atoms with Gasteiger partial charge < -0.3 is 15.0 Å². The first kappa shape index (κ1) is 16.6. The Morgan fingerprint density at radius 1 is 1.24 bits per heavy atom. The van der Waals surface area contributed by atoms with Crippen LogP contribution in [-0.4, -0.2) is 23.0 Å². The molecule has 0 bridgehead atoms. The fourth-order valence-corrected chi connectivity index (χ4v) is 2.52. The number of carbonyl (C=O) groups is 1. The third-order valence-corrected chi connectivity index (χ3v) is 3.79. The molecule has 6 nitrogen and oxygen atoms in total. The normalized spacial score (nSPS) is 10.7. The number of aryl methyl sites for hydroxylation is 1. The van der Waals surface area contributed by atoms with Crippen molar-refractivity contribution in [3.05, 3.63) is 69.5 Å². The van der Waals surface area contributed by atoms with E-state index in [-0.39, 0.29) is 11.1 Å². The minimum atomic E-state index is -0.641. The highest BCUT2D eigenvalue weighted by Gasteiger charge is 2.12. The second kappa shape index (κ2) is 6.72. The smallest absolute Gasteiger partial charge is 0.337 e. The first-order valence-corrected chi connectivity index (χ1v) is 7.60. The van der Waals surface area contributed by atoms with Gasteiger partial charge >= 0.3 is 5.97 Å². The Bertz CT molecular complexity index is 997. The Morgan fingerprint density at radius 3 is 2.64 bits per heavy atom. The van der Waals surface area contributed by atoms with Gasteiger partial charge in [-0.25, -0.2) is 14.2 Å². The summed E-state index contributed by atoms with van der Waals surface area (Å²) in [6, 6.07) is 9.91. The molecule has 0 saturated heterocycles. The number of rotatable bonds is 4. The molecule has 1 aromatic heterocycles. The predicted molar refractivity (Wildman–Crippen MR) is 92.2 cm³/mol. The van der Waals surface area contributed by atoms with E-state index in [1.807, 2.05) is 0 Å². The Balaban J connectivity index is 1.83. The zero-order chi connectivity index (χ0) is 18.0. The van der Waals surface area contributed by atoms with Crippen molar-refractivity contribution in [1.82, 2.24) is 9.97 Å². The molecule has 128 valence electrons. The summed E-state index contributed by atoms with van der Waals surface area (Å²) in [4.78, 5) is 30.0. The average molecular weight is 341 g/mol. The number of esters is 1. The van der Waals surface area contributed by atoms with Crippen LogP contribution in [0.4, 0.5) is 10.1 Å². The van der Waals surface area contributed by atoms with Gasteiger partial charge in [0.1, 0.15) is 11.2 Å². The van der Waals surface area contributed by atoms with Gasteiger partial charge in [0.05, 0.1) is 23.9 Å². The van der Waals surface area contributed by atoms with Crippen molar-refractivity contribution < 1.29 is 13.9 Å². The quantitative estimate of drug-likeness (QED) is 0.713. The summed E-state index contributed by atoms with van der Waals surface area (Å²) in [7, 11) is 1.32. The van der Waals surface area contributed by atoms with E-state index in [0.29, 0.717) is 23.4 Å². The Hall–Kier alpha value is -3.22. The SMILES string of the molecule is COC(=O)c1ccc(CNc2ccc3nc(C)[nH]c(=O)c3c2F)cc1. The van der Waals surface area contributed by atoms with Crippen LogP contribution in [0.15, 0.2) is 41.2 Å². The molecule has 0 aliphatic carbocycles. The van der Waals surface area contributed by atoms with E-state index in [9.17, 15) is 14.0 Å². The van der Waals surface area contributed by atoms with Crippen molar-refractivity contribution in [2.75, 3.05) is 12.4 Å². The molecule has 3 aromatic rings. The third kappa shape index (κ3) is 3.35. The molecule has 0 amide bonds. The first-order chi connectivity index (χ1) is 12.0. The lowest BCUT2D eigenvalue weighted by Crippen LogP contribution is -2.13. The molecule has 3 rings (SSSR count). The molecule has 0 radical (unpaired) electrons. The molecule has 1 heterocycles. The van der Waals surface area contributed by atoms with Crippen molar-refractivity contribution in [3.63, 3.8) is 0 Å². The standard InChI is InChI=1S/C18H16FN3O3/c1-10-21-13-7-8-14(16(19)15(13)17(23)22-10)20-9-11-3-5-12(6-4-11)18(24)25-2/h3-8,20H,9H2,1-2H3,(H,21,22,23). The van der Waals surface area contributed by atoms with E-state index < -0.39 is 17.3 Å². The molecular weight excluding hydrogens is 325 g/mol. The van der Waals surface area contributed by atoms with Gasteiger partial charge in [-0.3, -0.25) is 4.79 Å². The molecule has 7 heteroatoms. The van der Waals surface area contributed by atoms with Crippen LogP contribution >= 0.6 is 0 Å². The lowest BCUT2D eigenvalue weighted by Gasteiger charge is -2.10. The molecule has 25 heavy (non-hydrogen) atoms. The number of aromatic amines is 1. The highest BCUT2D eigenvalue weighted by atomic mass is 19.1. The zero-order valence-corrected chi connectivity index (χ0v) is 13.7. The number of fused-ring (bicyclic) bond motifs is 1. The largest absolute Gasteiger partial charge is 0.465 e. The molecule has 2 aromatic carbocycles. The lowest BCUT2D eigenvalue weighted by atomic mass is 10.1. The summed E-state index contributed by atoms with van der Waals surface area (Å²) in [6.45, 7) is 1.98. The van der Waals surface area contributed by atoms with E-state index in [1.54, 1.807) is 43.3 Å². The topological polar surface area (TPSA) is 84.1 Å². The van der Waals surface area contributed by atoms with Gasteiger partial charge in [-0.15, -0.1) is 0 Å². The van der Waals surface area contributed by atoms with Crippen LogP contribution in [-0.2, 0) is 11.3 Å². The van der Waals surface area contributed by atoms with E-state index in [2.05, 4.69) is 20.0 Å². The summed E-state index contributed by atoms with van der Waals surface area (Å²) in [5, 5.41) is 2.88. The van der Waals surface area contributed by atoms with Crippen LogP contribution in [0.3, 0.4) is 0 Å². The summed E-state index contributed by atoms with van der Waals surface area (Å²) in [6.07, 6.45) is 0. The summed E-state index contributed by atoms with van der Waals surface area (Å²) < 4.78 is 19.2. The number of H-pyrrole nitrogens is 1. The summed E-state index contributed by atoms with van der Waals surface area (Å²) in [5.74, 6) is -0.622. The van der Waals surface area contributed by atoms with Crippen molar-refractivity contribution in [2.45, 2.75) is 13.5 Å². The van der Waals surface area contributed by atoms with Crippen LogP contribution in [0.1, 0.15) is 21.7 Å². The van der Waals surface area contributed by atoms with Crippen molar-refractivity contribution in [1.29, 1.82) is 0 Å². The van der Waals surface area contributed by atoms with Crippen molar-refractivity contribution in [3.8, 4) is 0 Å². The third-order valence-electron chi connectivity index (χ3n) is 3.79. The predicted octanol–water partition coefficient (Wildman–Crippen LogP) is 2.77. The maximum atomic E-state index is 14.6. The van der Waals surface area contributed by atoms with Gasteiger partial charge in [0.15, 0.2) is 5.82 Å². The molecule has 0 fully saturated rings. The minimum Gasteiger partial charge on any atom is -0.465 e. The van der Waals surface area contributed by atoms with Gasteiger partial charge in [-0.1, -0.05) is 12.1 Å². The Kier molecular flexibility index (Phi) is 4.47. The average Bonchev–Trinajstić information content (AvgIpc) is 2.60. The maximum absolute atomic E-state index is 14.6. The van der Waals surface area contributed by atoms with Gasteiger partial charge in [-0.2, -0.15) is 0 Å². The lowest BCUT2D eigenvalue weighted by molar-refractivity contribution is 0.0600. The zero-order valence-electron chi connectivity index (χ0n) is 13.7. The van der Waals surface area contributed by atoms with Gasteiger partial charge in [-0.05, 0) is 36.8 Å². The Morgan fingerprint density at radius 2 is 1.96 bits per heavy atom. The van der Waals surface area contributed by atoms with E-state index in [1.165, 1.54) is 7.11 Å². The van der Waals surface area contributed by atoms with E-state index in [4.69, 9.17) is 0 Å². The van der Waals surface area contributed by atoms with Crippen LogP contribution < -0.4 is 10.9 Å². The number of ether oxygens (including phenoxy) is 1. The number of carbonyl (C=O) groups excluding carboxylic acids is 1. The van der Waals surface area contributed by atoms with Crippen molar-refractivity contribution >= 4 is 22.6 Å². The van der Waals surface area contributed by atoms with Gasteiger partial charge in [0.25, 0.3) is 5.56 Å². The highest BCUT2D eigenvalue weighted by molar-refractivity contribution is 5.89. The number of hydrogen-bond donors (Lipinski definition) is 2. The molecule has 0 aliphatic rings. The molecule has 0 saturated carbocycles. The number of methoxy groups -OCH3 is 1. The molecular formula is C18H16FN3O3. The summed E-state index contributed by atoms with van der Waals surface area (Å²) >= 11 is 0. The number of nitrogens with one attached hydrogen (secondary N) is 2. The fraction of sp³-hybridized carbons (Fsp3) is 0.167. The maximum Gasteiger partial charge on any atom is 0.337 e. The number of anilines is 1. The second-order valence-electron chi connectivity index (χ2n) is 5.51. The van der Waals surface area contributed by atoms with Gasteiger partial charge in [0, 0.05) is 6.54 Å². The van der Waals surface area contributed by atoms with E-state index >= 15 is 0 Å². The Labute approximate surface area is 142 Å². The molecule has 0 atom stereocenters. The van der Waals surface area contributed by atoms with Gasteiger partial charge in [0.2, 0.25) is 0 Å². The monoisotopic (exact) mass is 341 g/mol. The molecule has 0 spiro atoms. The van der Waals surface area contributed by atoms with Crippen LogP contribution in [0.2, 0.25) is 0 Å². The second-order valence-corrected chi connectivity index (χ2v) is 5.51. The number of benzene rings is 2. The number of hydrogen-bond acceptors (Lipinski definition) is 5. The van der Waals surface area contributed by atoms with Crippen molar-refractivity contribution in [2.24, 2.45) is 0 Å². The highest BCUT2D eigenvalue weighted by Crippen LogP contribution is 2.21. The number of nitrogens with zero attached hydrogens (tertiary/aromatic N) is 1. The minimum absolute atomic E-state index is 0.0726. The number of halogens is 1. The number of aromatic nitrogens is 2. The molecule has 0 aliphatic heterocycles. The summed E-state index contributed by atoms with van der Waals surface area (Å²) in [5.41, 5.74) is 1.30.